The summed E-state index contributed by atoms with van der Waals surface area (Å²) < 4.78 is 95.9. The molecule has 1 aliphatic heterocycles. The minimum atomic E-state index is -5.08. The van der Waals surface area contributed by atoms with E-state index in [0.717, 1.165) is 28.6 Å². The van der Waals surface area contributed by atoms with E-state index in [4.69, 9.17) is 29.7 Å². The summed E-state index contributed by atoms with van der Waals surface area (Å²) in [6, 6.07) is 16.2. The number of pyridine rings is 1. The van der Waals surface area contributed by atoms with E-state index in [2.05, 4.69) is 4.98 Å². The van der Waals surface area contributed by atoms with E-state index in [1.807, 2.05) is 49.2 Å². The summed E-state index contributed by atoms with van der Waals surface area (Å²) >= 11 is 0. The Morgan fingerprint density at radius 3 is 2.00 bits per heavy atom. The van der Waals surface area contributed by atoms with Crippen LogP contribution in [0.25, 0.3) is 10.9 Å². The number of nitrogens with zero attached hydrogens (tertiary/aromatic N) is 2. The minimum absolute atomic E-state index is 0.0836. The Morgan fingerprint density at radius 1 is 0.979 bits per heavy atom. The van der Waals surface area contributed by atoms with Crippen molar-refractivity contribution in [3.05, 3.63) is 65.9 Å². The van der Waals surface area contributed by atoms with Crippen LogP contribution in [0.2, 0.25) is 0 Å². The average Bonchev–Trinajstić information content (AvgIpc) is 3.33. The number of hydrogen-bond acceptors (Lipinski definition) is 9. The van der Waals surface area contributed by atoms with Crippen molar-refractivity contribution in [2.75, 3.05) is 19.3 Å². The number of alkyl halides is 6. The molecular formula is C29H31F6N3O9S. The molecule has 0 bridgehead atoms. The summed E-state index contributed by atoms with van der Waals surface area (Å²) in [7, 11) is -1.86. The van der Waals surface area contributed by atoms with E-state index in [0.29, 0.717) is 25.3 Å². The third-order valence-electron chi connectivity index (χ3n) is 7.01. The molecule has 0 spiro atoms. The second kappa shape index (κ2) is 16.1. The first-order valence-corrected chi connectivity index (χ1v) is 15.3. The number of rotatable bonds is 8. The summed E-state index contributed by atoms with van der Waals surface area (Å²) in [5.41, 5.74) is 3.60. The predicted octanol–water partition coefficient (Wildman–Crippen LogP) is 4.52. The standard InChI is InChI=1S/C25H29N3O5S.2C2HF3O2/c1-18-14-19(22-6-3-4-7-23(22)26-18)16-33-20-8-10-21(11-9-20)34(31,32)17-25(15-24(29)27-30)12-5-13-28(25)2;2*3-2(4,5)1(6)7/h3-4,6-11,14,30H,5,12-13,15-17H2,1-2H3,(H,27,29);2*(H,6,7). The number of likely N-dealkylation sites (tertiary alicyclic amines) is 1. The van der Waals surface area contributed by atoms with Gasteiger partial charge in [0.05, 0.1) is 16.2 Å². The molecule has 12 nitrogen and oxygen atoms in total. The number of amides is 1. The highest BCUT2D eigenvalue weighted by Gasteiger charge is 2.44. The quantitative estimate of drug-likeness (QED) is 0.146. The molecular weight excluding hydrogens is 680 g/mol. The lowest BCUT2D eigenvalue weighted by atomic mass is 9.94. The molecule has 0 aliphatic carbocycles. The lowest BCUT2D eigenvalue weighted by Gasteiger charge is -2.35. The number of aryl methyl sites for hydroxylation is 1. The fourth-order valence-corrected chi connectivity index (χ4v) is 6.62. The van der Waals surface area contributed by atoms with E-state index in [-0.39, 0.29) is 17.1 Å². The molecule has 4 N–H and O–H groups in total. The molecule has 4 rings (SSSR count). The number of fused-ring (bicyclic) bond motifs is 1. The van der Waals surface area contributed by atoms with Gasteiger partial charge in [0.2, 0.25) is 5.91 Å². The maximum absolute atomic E-state index is 13.2. The molecule has 1 aromatic heterocycles. The summed E-state index contributed by atoms with van der Waals surface area (Å²) in [5, 5.41) is 24.2. The van der Waals surface area contributed by atoms with Gasteiger partial charge in [0.1, 0.15) is 12.4 Å². The van der Waals surface area contributed by atoms with Crippen LogP contribution < -0.4 is 10.2 Å². The Morgan fingerprint density at radius 2 is 1.52 bits per heavy atom. The number of carboxylic acid groups (broad SMARTS) is 2. The number of ether oxygens (including phenoxy) is 1. The second-order valence-corrected chi connectivity index (χ2v) is 12.5. The maximum atomic E-state index is 13.2. The average molecular weight is 712 g/mol. The van der Waals surface area contributed by atoms with Crippen LogP contribution >= 0.6 is 0 Å². The van der Waals surface area contributed by atoms with Gasteiger partial charge in [-0.1, -0.05) is 18.2 Å². The molecule has 1 atom stereocenters. The second-order valence-electron chi connectivity index (χ2n) is 10.5. The highest BCUT2D eigenvalue weighted by atomic mass is 32.2. The van der Waals surface area contributed by atoms with Crippen molar-refractivity contribution in [2.24, 2.45) is 0 Å². The van der Waals surface area contributed by atoms with Gasteiger partial charge in [-0.05, 0) is 69.8 Å². The molecule has 1 aliphatic rings. The van der Waals surface area contributed by atoms with Crippen LogP contribution in [0.5, 0.6) is 5.75 Å². The lowest BCUT2D eigenvalue weighted by molar-refractivity contribution is -0.193. The van der Waals surface area contributed by atoms with Gasteiger partial charge in [0.15, 0.2) is 9.84 Å². The predicted molar refractivity (Wildman–Crippen MR) is 156 cm³/mol. The first-order valence-electron chi connectivity index (χ1n) is 13.7. The molecule has 3 aromatic rings. The first-order chi connectivity index (χ1) is 22.1. The van der Waals surface area contributed by atoms with Crippen LogP contribution in [-0.2, 0) is 30.8 Å². The fourth-order valence-electron chi connectivity index (χ4n) is 4.72. The van der Waals surface area contributed by atoms with Gasteiger partial charge in [-0.15, -0.1) is 0 Å². The van der Waals surface area contributed by atoms with Crippen molar-refractivity contribution in [3.8, 4) is 5.75 Å². The van der Waals surface area contributed by atoms with Crippen LogP contribution in [0.1, 0.15) is 30.5 Å². The Bertz CT molecular complexity index is 1680. The number of benzene rings is 2. The van der Waals surface area contributed by atoms with Gasteiger partial charge < -0.3 is 14.9 Å². The number of aromatic nitrogens is 1. The number of para-hydroxylation sites is 1. The number of hydrogen-bond donors (Lipinski definition) is 4. The minimum Gasteiger partial charge on any atom is -0.489 e. The van der Waals surface area contributed by atoms with Crippen molar-refractivity contribution >= 4 is 38.6 Å². The van der Waals surface area contributed by atoms with Crippen molar-refractivity contribution in [3.63, 3.8) is 0 Å². The summed E-state index contributed by atoms with van der Waals surface area (Å²) in [4.78, 5) is 36.3. The maximum Gasteiger partial charge on any atom is 0.490 e. The zero-order valence-electron chi connectivity index (χ0n) is 25.3. The molecule has 2 aromatic carbocycles. The van der Waals surface area contributed by atoms with Crippen molar-refractivity contribution in [1.82, 2.24) is 15.4 Å². The third kappa shape index (κ3) is 11.3. The number of halogens is 6. The monoisotopic (exact) mass is 711 g/mol. The molecule has 19 heteroatoms. The first kappa shape index (κ1) is 39.7. The summed E-state index contributed by atoms with van der Waals surface area (Å²) in [6.45, 7) is 2.97. The molecule has 2 heterocycles. The van der Waals surface area contributed by atoms with Gasteiger partial charge >= 0.3 is 24.3 Å². The molecule has 0 radical (unpaired) electrons. The number of nitrogens with one attached hydrogen (secondary N) is 1. The molecule has 1 saturated heterocycles. The molecule has 1 amide bonds. The Kier molecular flexibility index (Phi) is 13.3. The van der Waals surface area contributed by atoms with Gasteiger partial charge in [-0.25, -0.2) is 23.5 Å². The Hall–Kier alpha value is -4.49. The highest BCUT2D eigenvalue weighted by Crippen LogP contribution is 2.34. The van der Waals surface area contributed by atoms with E-state index in [9.17, 15) is 39.6 Å². The van der Waals surface area contributed by atoms with Crippen LogP contribution in [0.15, 0.2) is 59.5 Å². The Balaban J connectivity index is 0.000000479. The van der Waals surface area contributed by atoms with E-state index < -0.39 is 45.6 Å². The third-order valence-corrected chi connectivity index (χ3v) is 8.92. The molecule has 1 unspecified atom stereocenters. The summed E-state index contributed by atoms with van der Waals surface area (Å²) in [6.07, 6.45) is -8.89. The molecule has 1 fully saturated rings. The van der Waals surface area contributed by atoms with E-state index in [1.165, 1.54) is 12.1 Å². The van der Waals surface area contributed by atoms with Crippen LogP contribution in [-0.4, -0.2) is 88.8 Å². The largest absolute Gasteiger partial charge is 0.490 e. The van der Waals surface area contributed by atoms with Gasteiger partial charge in [0.25, 0.3) is 0 Å². The summed E-state index contributed by atoms with van der Waals surface area (Å²) in [5.74, 6) is -5.75. The zero-order chi connectivity index (χ0) is 36.5. The number of hydroxylamine groups is 1. The lowest BCUT2D eigenvalue weighted by Crippen LogP contribution is -2.50. The number of carbonyl (C=O) groups is 3. The number of carboxylic acids is 2. The van der Waals surface area contributed by atoms with E-state index >= 15 is 0 Å². The topological polar surface area (TPSA) is 183 Å². The normalized spacial score (nSPS) is 16.6. The van der Waals surface area contributed by atoms with E-state index in [1.54, 1.807) is 17.6 Å². The smallest absolute Gasteiger partial charge is 0.489 e. The van der Waals surface area contributed by atoms with Crippen LogP contribution in [0, 0.1) is 6.92 Å². The van der Waals surface area contributed by atoms with Crippen LogP contribution in [0.4, 0.5) is 26.3 Å². The van der Waals surface area contributed by atoms with Crippen LogP contribution in [0.3, 0.4) is 0 Å². The fraction of sp³-hybridized carbons (Fsp3) is 0.379. The zero-order valence-corrected chi connectivity index (χ0v) is 26.1. The SMILES string of the molecule is Cc1cc(COc2ccc(S(=O)(=O)CC3(CC(=O)NO)CCCN3C)cc2)c2ccccc2n1.O=C(O)C(F)(F)F.O=C(O)C(F)(F)F. The molecule has 264 valence electrons. The number of carbonyl (C=O) groups excluding carboxylic acids is 1. The van der Waals surface area contributed by atoms with Crippen molar-refractivity contribution in [2.45, 2.75) is 55.6 Å². The number of sulfone groups is 1. The van der Waals surface area contributed by atoms with Gasteiger partial charge in [-0.2, -0.15) is 26.3 Å². The van der Waals surface area contributed by atoms with Crippen molar-refractivity contribution < 1.29 is 69.3 Å². The van der Waals surface area contributed by atoms with Crippen molar-refractivity contribution in [1.29, 1.82) is 0 Å². The Labute approximate surface area is 269 Å². The molecule has 0 saturated carbocycles. The molecule has 48 heavy (non-hydrogen) atoms. The van der Waals surface area contributed by atoms with Gasteiger partial charge in [-0.3, -0.25) is 19.9 Å². The number of aliphatic carboxylic acids is 2. The highest BCUT2D eigenvalue weighted by molar-refractivity contribution is 7.91. The van der Waals surface area contributed by atoms with Gasteiger partial charge in [0, 0.05) is 28.6 Å².